The maximum absolute atomic E-state index is 6.04. The SMILES string of the molecule is CCCCCCCCN(N)C(C)(C)CC. The summed E-state index contributed by atoms with van der Waals surface area (Å²) < 4.78 is 0. The van der Waals surface area contributed by atoms with Gasteiger partial charge < -0.3 is 0 Å². The third kappa shape index (κ3) is 6.91. The minimum atomic E-state index is 0.156. The van der Waals surface area contributed by atoms with Crippen molar-refractivity contribution in [2.75, 3.05) is 6.54 Å². The van der Waals surface area contributed by atoms with Gasteiger partial charge in [-0.05, 0) is 26.7 Å². The molecule has 0 spiro atoms. The van der Waals surface area contributed by atoms with Crippen LogP contribution in [0.2, 0.25) is 0 Å². The molecule has 0 heterocycles. The van der Waals surface area contributed by atoms with E-state index < -0.39 is 0 Å². The molecule has 0 saturated heterocycles. The summed E-state index contributed by atoms with van der Waals surface area (Å²) in [6.45, 7) is 9.91. The van der Waals surface area contributed by atoms with Crippen molar-refractivity contribution >= 4 is 0 Å². The third-order valence-electron chi connectivity index (χ3n) is 3.40. The van der Waals surface area contributed by atoms with Crippen molar-refractivity contribution in [2.24, 2.45) is 5.84 Å². The fourth-order valence-electron chi connectivity index (χ4n) is 1.57. The second-order valence-electron chi connectivity index (χ2n) is 5.13. The zero-order valence-corrected chi connectivity index (χ0v) is 11.2. The highest BCUT2D eigenvalue weighted by molar-refractivity contribution is 4.75. The van der Waals surface area contributed by atoms with E-state index in [1.54, 1.807) is 0 Å². The molecule has 0 bridgehead atoms. The predicted octanol–water partition coefficient (Wildman–Crippen LogP) is 3.71. The van der Waals surface area contributed by atoms with E-state index in [1.807, 2.05) is 5.01 Å². The van der Waals surface area contributed by atoms with E-state index in [0.717, 1.165) is 13.0 Å². The van der Waals surface area contributed by atoms with Crippen molar-refractivity contribution in [1.29, 1.82) is 0 Å². The first-order valence-electron chi connectivity index (χ1n) is 6.57. The summed E-state index contributed by atoms with van der Waals surface area (Å²) in [6.07, 6.45) is 9.14. The normalized spacial score (nSPS) is 12.4. The van der Waals surface area contributed by atoms with Crippen LogP contribution in [0.3, 0.4) is 0 Å². The maximum Gasteiger partial charge on any atom is 0.0293 e. The van der Waals surface area contributed by atoms with Gasteiger partial charge in [0.25, 0.3) is 0 Å². The monoisotopic (exact) mass is 214 g/mol. The molecular weight excluding hydrogens is 184 g/mol. The summed E-state index contributed by atoms with van der Waals surface area (Å²) >= 11 is 0. The Balaban J connectivity index is 3.43. The highest BCUT2D eigenvalue weighted by Gasteiger charge is 2.20. The van der Waals surface area contributed by atoms with Gasteiger partial charge in [0, 0.05) is 12.1 Å². The fraction of sp³-hybridized carbons (Fsp3) is 1.00. The van der Waals surface area contributed by atoms with E-state index in [1.165, 1.54) is 38.5 Å². The predicted molar refractivity (Wildman–Crippen MR) is 68.6 cm³/mol. The van der Waals surface area contributed by atoms with Gasteiger partial charge in [-0.3, -0.25) is 5.84 Å². The van der Waals surface area contributed by atoms with Crippen LogP contribution in [0.25, 0.3) is 0 Å². The zero-order chi connectivity index (χ0) is 11.7. The average molecular weight is 214 g/mol. The van der Waals surface area contributed by atoms with Gasteiger partial charge in [-0.15, -0.1) is 0 Å². The minimum Gasteiger partial charge on any atom is -0.268 e. The van der Waals surface area contributed by atoms with Crippen LogP contribution in [0.15, 0.2) is 0 Å². The fourth-order valence-corrected chi connectivity index (χ4v) is 1.57. The first-order valence-corrected chi connectivity index (χ1v) is 6.57. The van der Waals surface area contributed by atoms with Gasteiger partial charge in [-0.25, -0.2) is 5.01 Å². The second kappa shape index (κ2) is 8.12. The Bertz CT molecular complexity index is 143. The van der Waals surface area contributed by atoms with Gasteiger partial charge in [0.2, 0.25) is 0 Å². The summed E-state index contributed by atoms with van der Waals surface area (Å²) in [7, 11) is 0. The van der Waals surface area contributed by atoms with Gasteiger partial charge in [0.05, 0.1) is 0 Å². The molecule has 92 valence electrons. The molecule has 0 aromatic rings. The Morgan fingerprint density at radius 2 is 1.47 bits per heavy atom. The lowest BCUT2D eigenvalue weighted by Crippen LogP contribution is -2.48. The molecule has 0 fully saturated rings. The molecule has 0 aliphatic carbocycles. The molecule has 0 radical (unpaired) electrons. The molecule has 0 aliphatic heterocycles. The van der Waals surface area contributed by atoms with Crippen LogP contribution < -0.4 is 5.84 Å². The van der Waals surface area contributed by atoms with Crippen LogP contribution in [-0.4, -0.2) is 17.1 Å². The number of hydrogen-bond acceptors (Lipinski definition) is 2. The first kappa shape index (κ1) is 14.9. The average Bonchev–Trinajstić information content (AvgIpc) is 2.22. The molecule has 0 rings (SSSR count). The lowest BCUT2D eigenvalue weighted by atomic mass is 10.0. The Morgan fingerprint density at radius 3 is 2.00 bits per heavy atom. The summed E-state index contributed by atoms with van der Waals surface area (Å²) in [5.74, 6) is 6.04. The molecule has 0 saturated carbocycles. The van der Waals surface area contributed by atoms with E-state index in [4.69, 9.17) is 5.84 Å². The standard InChI is InChI=1S/C13H30N2/c1-5-7-8-9-10-11-12-15(14)13(3,4)6-2/h5-12,14H2,1-4H3. The van der Waals surface area contributed by atoms with E-state index in [0.29, 0.717) is 0 Å². The molecule has 2 heteroatoms. The van der Waals surface area contributed by atoms with Crippen molar-refractivity contribution in [1.82, 2.24) is 5.01 Å². The van der Waals surface area contributed by atoms with Crippen LogP contribution in [-0.2, 0) is 0 Å². The largest absolute Gasteiger partial charge is 0.268 e. The quantitative estimate of drug-likeness (QED) is 0.360. The zero-order valence-electron chi connectivity index (χ0n) is 11.2. The van der Waals surface area contributed by atoms with Crippen LogP contribution >= 0.6 is 0 Å². The maximum atomic E-state index is 6.04. The smallest absolute Gasteiger partial charge is 0.0293 e. The second-order valence-corrected chi connectivity index (χ2v) is 5.13. The van der Waals surface area contributed by atoms with E-state index >= 15 is 0 Å². The van der Waals surface area contributed by atoms with Crippen molar-refractivity contribution in [3.63, 3.8) is 0 Å². The Labute approximate surface area is 96.2 Å². The molecule has 0 atom stereocenters. The number of nitrogens with zero attached hydrogens (tertiary/aromatic N) is 1. The topological polar surface area (TPSA) is 29.3 Å². The molecule has 2 N–H and O–H groups in total. The van der Waals surface area contributed by atoms with Gasteiger partial charge >= 0.3 is 0 Å². The first-order chi connectivity index (χ1) is 7.04. The number of rotatable bonds is 9. The molecule has 0 aromatic carbocycles. The van der Waals surface area contributed by atoms with Gasteiger partial charge in [0.15, 0.2) is 0 Å². The summed E-state index contributed by atoms with van der Waals surface area (Å²) in [5.41, 5.74) is 0.156. The van der Waals surface area contributed by atoms with Crippen molar-refractivity contribution in [3.05, 3.63) is 0 Å². The molecular formula is C13H30N2. The van der Waals surface area contributed by atoms with Crippen LogP contribution in [0.1, 0.15) is 72.6 Å². The lowest BCUT2D eigenvalue weighted by Gasteiger charge is -2.34. The Kier molecular flexibility index (Phi) is 8.07. The summed E-state index contributed by atoms with van der Waals surface area (Å²) in [4.78, 5) is 0. The number of unbranched alkanes of at least 4 members (excludes halogenated alkanes) is 5. The summed E-state index contributed by atoms with van der Waals surface area (Å²) in [6, 6.07) is 0. The highest BCUT2D eigenvalue weighted by atomic mass is 15.4. The molecule has 0 aliphatic rings. The Hall–Kier alpha value is -0.0800. The summed E-state index contributed by atoms with van der Waals surface area (Å²) in [5, 5.41) is 2.01. The van der Waals surface area contributed by atoms with Crippen LogP contribution in [0.5, 0.6) is 0 Å². The molecule has 2 nitrogen and oxygen atoms in total. The number of nitrogens with two attached hydrogens (primary N) is 1. The third-order valence-corrected chi connectivity index (χ3v) is 3.40. The van der Waals surface area contributed by atoms with Gasteiger partial charge in [-0.1, -0.05) is 46.0 Å². The van der Waals surface area contributed by atoms with Crippen molar-refractivity contribution in [2.45, 2.75) is 78.2 Å². The molecule has 15 heavy (non-hydrogen) atoms. The van der Waals surface area contributed by atoms with Gasteiger partial charge in [0.1, 0.15) is 0 Å². The highest BCUT2D eigenvalue weighted by Crippen LogP contribution is 2.15. The van der Waals surface area contributed by atoms with E-state index in [9.17, 15) is 0 Å². The van der Waals surface area contributed by atoms with Crippen LogP contribution in [0, 0.1) is 0 Å². The van der Waals surface area contributed by atoms with E-state index in [-0.39, 0.29) is 5.54 Å². The minimum absolute atomic E-state index is 0.156. The van der Waals surface area contributed by atoms with E-state index in [2.05, 4.69) is 27.7 Å². The van der Waals surface area contributed by atoms with Crippen molar-refractivity contribution < 1.29 is 0 Å². The Morgan fingerprint density at radius 1 is 0.933 bits per heavy atom. The lowest BCUT2D eigenvalue weighted by molar-refractivity contribution is 0.114. The molecule has 0 amide bonds. The number of hydrogen-bond donors (Lipinski definition) is 1. The molecule has 0 unspecified atom stereocenters. The van der Waals surface area contributed by atoms with Crippen molar-refractivity contribution in [3.8, 4) is 0 Å². The molecule has 0 aromatic heterocycles. The number of hydrazine groups is 1. The van der Waals surface area contributed by atoms with Gasteiger partial charge in [-0.2, -0.15) is 0 Å². The van der Waals surface area contributed by atoms with Crippen LogP contribution in [0.4, 0.5) is 0 Å².